The lowest BCUT2D eigenvalue weighted by Gasteiger charge is -2.23. The zero-order valence-corrected chi connectivity index (χ0v) is 23.8. The lowest BCUT2D eigenvalue weighted by Crippen LogP contribution is -2.36. The number of benzene rings is 2. The highest BCUT2D eigenvalue weighted by molar-refractivity contribution is 9.10. The molecule has 1 aromatic heterocycles. The topological polar surface area (TPSA) is 171 Å². The van der Waals surface area contributed by atoms with Crippen LogP contribution in [0.1, 0.15) is 78.5 Å². The van der Waals surface area contributed by atoms with E-state index in [0.717, 1.165) is 6.08 Å². The third-order valence-corrected chi connectivity index (χ3v) is 8.93. The first-order valence-corrected chi connectivity index (χ1v) is 13.9. The molecular weight excluding hydrogens is 610 g/mol. The quantitative estimate of drug-likeness (QED) is 0.183. The van der Waals surface area contributed by atoms with E-state index in [-0.39, 0.29) is 36.2 Å². The number of H-pyrrole nitrogens is 1. The Morgan fingerprint density at radius 3 is 2.29 bits per heavy atom. The van der Waals surface area contributed by atoms with E-state index in [9.17, 15) is 39.3 Å². The smallest absolute Gasteiger partial charge is 0.260 e. The van der Waals surface area contributed by atoms with Crippen LogP contribution in [0.25, 0.3) is 16.8 Å². The molecule has 212 valence electrons. The number of aromatic amines is 1. The fraction of sp³-hybridized carbons (Fsp3) is 0.194. The van der Waals surface area contributed by atoms with Gasteiger partial charge >= 0.3 is 0 Å². The summed E-state index contributed by atoms with van der Waals surface area (Å²) < 4.78 is 5.61. The van der Waals surface area contributed by atoms with E-state index >= 15 is 0 Å². The fourth-order valence-corrected chi connectivity index (χ4v) is 6.98. The number of aromatic nitrogens is 1. The van der Waals surface area contributed by atoms with E-state index in [0.29, 0.717) is 21.1 Å². The number of carbonyl (C=O) groups is 4. The number of rotatable bonds is 4. The van der Waals surface area contributed by atoms with Gasteiger partial charge in [0.05, 0.1) is 34.2 Å². The average Bonchev–Trinajstić information content (AvgIpc) is 3.46. The van der Waals surface area contributed by atoms with Crippen molar-refractivity contribution < 1.29 is 39.2 Å². The van der Waals surface area contributed by atoms with Gasteiger partial charge in [-0.2, -0.15) is 0 Å². The molecule has 1 atom stereocenters. The van der Waals surface area contributed by atoms with Crippen LogP contribution in [0.2, 0.25) is 0 Å². The van der Waals surface area contributed by atoms with Crippen LogP contribution >= 0.6 is 15.9 Å². The Labute approximate surface area is 245 Å². The third kappa shape index (κ3) is 3.34. The molecule has 42 heavy (non-hydrogen) atoms. The highest BCUT2D eigenvalue weighted by Gasteiger charge is 2.62. The number of halogens is 1. The number of aromatic hydroxyl groups is 3. The summed E-state index contributed by atoms with van der Waals surface area (Å²) in [5.41, 5.74) is -4.56. The van der Waals surface area contributed by atoms with Crippen molar-refractivity contribution in [3.63, 3.8) is 0 Å². The first-order valence-electron chi connectivity index (χ1n) is 13.1. The van der Waals surface area contributed by atoms with Crippen molar-refractivity contribution in [2.75, 3.05) is 6.61 Å². The van der Waals surface area contributed by atoms with Crippen molar-refractivity contribution in [3.8, 4) is 17.2 Å². The van der Waals surface area contributed by atoms with Crippen molar-refractivity contribution in [3.05, 3.63) is 90.0 Å². The molecule has 6 rings (SSSR count). The fourth-order valence-electron chi connectivity index (χ4n) is 6.27. The molecule has 0 aliphatic heterocycles. The monoisotopic (exact) mass is 631 g/mol. The van der Waals surface area contributed by atoms with Crippen LogP contribution in [0.4, 0.5) is 0 Å². The zero-order valence-electron chi connectivity index (χ0n) is 22.3. The van der Waals surface area contributed by atoms with Crippen molar-refractivity contribution in [2.24, 2.45) is 0 Å². The minimum atomic E-state index is -2.11. The van der Waals surface area contributed by atoms with Gasteiger partial charge in [0.15, 0.2) is 23.1 Å². The molecule has 0 fully saturated rings. The molecule has 0 bridgehead atoms. The largest absolute Gasteiger partial charge is 0.507 e. The summed E-state index contributed by atoms with van der Waals surface area (Å²) in [4.78, 5) is 70.2. The van der Waals surface area contributed by atoms with Crippen molar-refractivity contribution in [2.45, 2.75) is 32.1 Å². The lowest BCUT2D eigenvalue weighted by molar-refractivity contribution is 0.0790. The van der Waals surface area contributed by atoms with Crippen molar-refractivity contribution >= 4 is 55.9 Å². The van der Waals surface area contributed by atoms with Crippen molar-refractivity contribution in [1.29, 1.82) is 0 Å². The van der Waals surface area contributed by atoms with Gasteiger partial charge in [0.2, 0.25) is 5.78 Å². The maximum absolute atomic E-state index is 14.2. The summed E-state index contributed by atoms with van der Waals surface area (Å²) in [5.74, 6) is -6.56. The molecule has 0 unspecified atom stereocenters. The summed E-state index contributed by atoms with van der Waals surface area (Å²) in [6.07, 6.45) is 7.79. The molecule has 2 aromatic carbocycles. The normalized spacial score (nSPS) is 19.4. The molecule has 3 aromatic rings. The Kier molecular flexibility index (Phi) is 6.12. The van der Waals surface area contributed by atoms with E-state index in [1.54, 1.807) is 31.2 Å². The number of carbonyl (C=O) groups excluding carboxylic acids is 4. The number of pyridine rings is 1. The molecule has 3 aliphatic rings. The first-order chi connectivity index (χ1) is 20.0. The van der Waals surface area contributed by atoms with Gasteiger partial charge in [-0.3, -0.25) is 24.0 Å². The van der Waals surface area contributed by atoms with Gasteiger partial charge in [-0.1, -0.05) is 18.2 Å². The molecule has 0 saturated carbocycles. The molecule has 4 N–H and O–H groups in total. The van der Waals surface area contributed by atoms with Crippen LogP contribution in [-0.4, -0.2) is 50.0 Å². The maximum Gasteiger partial charge on any atom is 0.260 e. The number of ketones is 4. The van der Waals surface area contributed by atoms with E-state index in [1.807, 2.05) is 13.0 Å². The molecular formula is C31H22BrNO9. The Morgan fingerprint density at radius 2 is 1.64 bits per heavy atom. The second-order valence-corrected chi connectivity index (χ2v) is 10.9. The van der Waals surface area contributed by atoms with Crippen LogP contribution in [0.15, 0.2) is 45.4 Å². The minimum Gasteiger partial charge on any atom is -0.507 e. The lowest BCUT2D eigenvalue weighted by atomic mass is 9.76. The number of Topliss-reactive ketones (excluding diaryl/α,β-unsaturated/α-hetero) is 3. The second kappa shape index (κ2) is 9.38. The van der Waals surface area contributed by atoms with Gasteiger partial charge in [0, 0.05) is 27.2 Å². The number of phenols is 3. The Bertz CT molecular complexity index is 2000. The number of hydrogen-bond acceptors (Lipinski definition) is 9. The third-order valence-electron chi connectivity index (χ3n) is 8.02. The van der Waals surface area contributed by atoms with E-state index in [4.69, 9.17) is 4.74 Å². The molecule has 1 spiro atoms. The summed E-state index contributed by atoms with van der Waals surface area (Å²) in [5, 5.41) is 34.1. The minimum absolute atomic E-state index is 0.0317. The molecule has 10 nitrogen and oxygen atoms in total. The number of fused-ring (bicyclic) bond motifs is 5. The van der Waals surface area contributed by atoms with Crippen LogP contribution in [-0.2, 0) is 16.6 Å². The van der Waals surface area contributed by atoms with Gasteiger partial charge in [-0.25, -0.2) is 0 Å². The standard InChI is InChI=1S/C31H22BrNO9/c1-3-5-6-7-12-10-14-17(30(41)33-12)27(38)22-13(23(14)32)8-9-31(22)28(39)20-21(29(31)40)26(37)19-18(25(20)36)15(34)11-16(24(19)35)42-4-2/h3,5-7,10-11,36-38H,4,8-9H2,1-2H3,(H,33,41)/b5-3+,7-6+/t31-/m0/s1. The van der Waals surface area contributed by atoms with E-state index in [2.05, 4.69) is 20.9 Å². The average molecular weight is 632 g/mol. The highest BCUT2D eigenvalue weighted by Crippen LogP contribution is 2.58. The highest BCUT2D eigenvalue weighted by atomic mass is 79.9. The molecule has 0 amide bonds. The number of allylic oxidation sites excluding steroid dienone is 5. The van der Waals surface area contributed by atoms with Crippen LogP contribution in [0.3, 0.4) is 0 Å². The predicted octanol–water partition coefficient (Wildman–Crippen LogP) is 4.56. The van der Waals surface area contributed by atoms with Crippen LogP contribution < -0.4 is 5.56 Å². The Balaban J connectivity index is 1.61. The van der Waals surface area contributed by atoms with Gasteiger partial charge < -0.3 is 25.0 Å². The Morgan fingerprint density at radius 1 is 0.976 bits per heavy atom. The molecule has 3 aliphatic carbocycles. The number of nitrogens with one attached hydrogen (secondary N) is 1. The molecule has 11 heteroatoms. The maximum atomic E-state index is 14.2. The van der Waals surface area contributed by atoms with Gasteiger partial charge in [-0.15, -0.1) is 0 Å². The Hall–Kier alpha value is -4.77. The SMILES string of the molecule is C/C=C/C=C/c1cc2c(Br)c3c(c(O)c2c(=O)[nH]1)[C@@]1(CC3)C(=O)c2c(O)c3c(c(O)c2C1=O)C(=O)C(OCC)=CC3=O. The number of phenolic OH excluding ortho intramolecular Hbond substituents is 3. The van der Waals surface area contributed by atoms with E-state index in [1.165, 1.54) is 0 Å². The zero-order chi connectivity index (χ0) is 30.2. The molecule has 0 radical (unpaired) electrons. The first kappa shape index (κ1) is 27.4. The second-order valence-electron chi connectivity index (χ2n) is 10.1. The molecule has 1 heterocycles. The summed E-state index contributed by atoms with van der Waals surface area (Å²) in [7, 11) is 0. The van der Waals surface area contributed by atoms with E-state index < -0.39 is 73.6 Å². The summed E-state index contributed by atoms with van der Waals surface area (Å²) in [6, 6.07) is 1.64. The van der Waals surface area contributed by atoms with Crippen LogP contribution in [0, 0.1) is 0 Å². The summed E-state index contributed by atoms with van der Waals surface area (Å²) >= 11 is 3.51. The number of hydrogen-bond donors (Lipinski definition) is 4. The summed E-state index contributed by atoms with van der Waals surface area (Å²) in [6.45, 7) is 3.45. The number of ether oxygens (including phenoxy) is 1. The predicted molar refractivity (Wildman–Crippen MR) is 155 cm³/mol. The van der Waals surface area contributed by atoms with Gasteiger partial charge in [0.25, 0.3) is 5.56 Å². The molecule has 0 saturated heterocycles. The van der Waals surface area contributed by atoms with Crippen molar-refractivity contribution in [1.82, 2.24) is 4.98 Å². The van der Waals surface area contributed by atoms with Gasteiger partial charge in [0.1, 0.15) is 22.7 Å². The van der Waals surface area contributed by atoms with Gasteiger partial charge in [-0.05, 0) is 60.3 Å². The van der Waals surface area contributed by atoms with Crippen LogP contribution in [0.5, 0.6) is 17.2 Å².